The Morgan fingerprint density at radius 1 is 0.879 bits per heavy atom. The van der Waals surface area contributed by atoms with Crippen molar-refractivity contribution < 1.29 is 41.1 Å². The van der Waals surface area contributed by atoms with Crippen LogP contribution in [0.1, 0.15) is 70.4 Å². The van der Waals surface area contributed by atoms with E-state index >= 15 is 22.0 Å². The number of pyridine rings is 1. The number of rotatable bonds is 9. The number of anilines is 2. The molecule has 4 amide bonds. The zero-order valence-corrected chi connectivity index (χ0v) is 31.3. The number of hydrogen-bond donors (Lipinski definition) is 2. The molecule has 5 aromatic rings. The van der Waals surface area contributed by atoms with Gasteiger partial charge >= 0.3 is 6.05 Å². The highest BCUT2D eigenvalue weighted by Gasteiger charge is 2.45. The van der Waals surface area contributed by atoms with E-state index in [2.05, 4.69) is 30.6 Å². The van der Waals surface area contributed by atoms with Crippen LogP contribution in [0.4, 0.5) is 33.7 Å². The van der Waals surface area contributed by atoms with Crippen LogP contribution in [0.2, 0.25) is 0 Å². The van der Waals surface area contributed by atoms with Gasteiger partial charge in [0, 0.05) is 62.5 Å². The predicted octanol–water partition coefficient (Wildman–Crippen LogP) is 5.21. The first-order chi connectivity index (χ1) is 27.6. The van der Waals surface area contributed by atoms with Crippen LogP contribution in [0.3, 0.4) is 0 Å². The van der Waals surface area contributed by atoms with Gasteiger partial charge in [0.25, 0.3) is 11.8 Å². The van der Waals surface area contributed by atoms with Crippen LogP contribution in [0, 0.1) is 24.4 Å². The highest BCUT2D eigenvalue weighted by molar-refractivity contribution is 6.23. The molecule has 3 aliphatic heterocycles. The van der Waals surface area contributed by atoms with Crippen molar-refractivity contribution in [2.24, 2.45) is 0 Å². The third-order valence-corrected chi connectivity index (χ3v) is 10.6. The predicted molar refractivity (Wildman–Crippen MR) is 197 cm³/mol. The molecule has 2 saturated heterocycles. The minimum atomic E-state index is -3.44. The van der Waals surface area contributed by atoms with E-state index in [9.17, 15) is 19.2 Å². The summed E-state index contributed by atoms with van der Waals surface area (Å²) in [6.07, 6.45) is 1.81. The fourth-order valence-electron chi connectivity index (χ4n) is 7.71. The first kappa shape index (κ1) is 38.7. The van der Waals surface area contributed by atoms with E-state index in [0.717, 1.165) is 34.3 Å². The summed E-state index contributed by atoms with van der Waals surface area (Å²) in [6, 6.07) is 2.73. The van der Waals surface area contributed by atoms with Crippen LogP contribution >= 0.6 is 0 Å². The van der Waals surface area contributed by atoms with E-state index in [1.54, 1.807) is 17.9 Å². The first-order valence-electron chi connectivity index (χ1n) is 18.4. The number of halogens is 5. The number of fused-ring (bicyclic) bond motifs is 2. The molecule has 300 valence electrons. The van der Waals surface area contributed by atoms with E-state index < -0.39 is 58.7 Å². The highest BCUT2D eigenvalue weighted by atomic mass is 19.3. The van der Waals surface area contributed by atoms with Gasteiger partial charge in [0.1, 0.15) is 34.7 Å². The van der Waals surface area contributed by atoms with Crippen LogP contribution in [-0.4, -0.2) is 95.1 Å². The minimum Gasteiger partial charge on any atom is -0.326 e. The van der Waals surface area contributed by atoms with Crippen molar-refractivity contribution in [2.45, 2.75) is 58.3 Å². The second-order valence-electron chi connectivity index (χ2n) is 14.6. The normalized spacial score (nSPS) is 18.1. The van der Waals surface area contributed by atoms with Crippen LogP contribution in [0.15, 0.2) is 48.8 Å². The fourth-order valence-corrected chi connectivity index (χ4v) is 7.71. The van der Waals surface area contributed by atoms with Crippen molar-refractivity contribution in [3.05, 3.63) is 94.3 Å². The van der Waals surface area contributed by atoms with Crippen LogP contribution < -0.4 is 10.6 Å². The minimum absolute atomic E-state index is 0.0284. The van der Waals surface area contributed by atoms with Gasteiger partial charge in [-0.05, 0) is 63.6 Å². The molecule has 58 heavy (non-hydrogen) atoms. The number of aromatic nitrogens is 5. The summed E-state index contributed by atoms with van der Waals surface area (Å²) in [7, 11) is 0. The van der Waals surface area contributed by atoms with Gasteiger partial charge < -0.3 is 9.88 Å². The molecule has 19 heteroatoms. The Labute approximate surface area is 327 Å². The lowest BCUT2D eigenvalue weighted by molar-refractivity contribution is -0.168. The summed E-state index contributed by atoms with van der Waals surface area (Å²) in [6.45, 7) is 5.60. The number of alkyl halides is 2. The molecule has 1 atom stereocenters. The van der Waals surface area contributed by atoms with Gasteiger partial charge in [0.15, 0.2) is 11.6 Å². The van der Waals surface area contributed by atoms with E-state index in [1.165, 1.54) is 18.2 Å². The van der Waals surface area contributed by atoms with Gasteiger partial charge in [-0.3, -0.25) is 34.3 Å². The molecule has 0 saturated carbocycles. The molecular weight excluding hydrogens is 767 g/mol. The Kier molecular flexibility index (Phi) is 9.75. The van der Waals surface area contributed by atoms with Gasteiger partial charge in [-0.1, -0.05) is 0 Å². The smallest absolute Gasteiger partial charge is 0.326 e. The molecule has 3 aromatic heterocycles. The van der Waals surface area contributed by atoms with Crippen LogP contribution in [0.25, 0.3) is 22.3 Å². The molecule has 2 aromatic carbocycles. The molecule has 3 aliphatic rings. The van der Waals surface area contributed by atoms with Crippen LogP contribution in [-0.2, 0) is 22.2 Å². The summed E-state index contributed by atoms with van der Waals surface area (Å²) in [5.74, 6) is -4.54. The third kappa shape index (κ3) is 6.82. The van der Waals surface area contributed by atoms with Gasteiger partial charge in [0.2, 0.25) is 17.8 Å². The lowest BCUT2D eigenvalue weighted by Crippen LogP contribution is -2.54. The SMILES string of the molecule is Cc1nc2c(F)cc(-c3nc(Nc4ccc(C(F)(F)N5CCN(Cc6cc7c(cc6F)C(=O)N(C6CCC(=O)NC6=O)C7=O)CC5)cn4)ncc3F)cc2n1C(C)C. The molecule has 2 N–H and O–H groups in total. The molecule has 0 spiro atoms. The maximum atomic E-state index is 15.8. The topological polar surface area (TPSA) is 159 Å². The molecular formula is C39H35F5N10O4. The number of nitrogens with zero attached hydrogens (tertiary/aromatic N) is 8. The summed E-state index contributed by atoms with van der Waals surface area (Å²) in [4.78, 5) is 70.2. The van der Waals surface area contributed by atoms with E-state index in [0.29, 0.717) is 11.3 Å². The summed E-state index contributed by atoms with van der Waals surface area (Å²) < 4.78 is 78.7. The van der Waals surface area contributed by atoms with Crippen molar-refractivity contribution in [3.8, 4) is 11.3 Å². The number of carbonyl (C=O) groups is 4. The van der Waals surface area contributed by atoms with Crippen molar-refractivity contribution in [2.75, 3.05) is 31.5 Å². The number of carbonyl (C=O) groups excluding carboxylic acids is 4. The molecule has 0 aliphatic carbocycles. The largest absolute Gasteiger partial charge is 0.333 e. The van der Waals surface area contributed by atoms with E-state index in [1.807, 2.05) is 18.4 Å². The fraction of sp³-hybridized carbons (Fsp3) is 0.333. The second-order valence-corrected chi connectivity index (χ2v) is 14.6. The van der Waals surface area contributed by atoms with Crippen LogP contribution in [0.5, 0.6) is 0 Å². The standard InChI is InChI=1S/C39H35F5N10O4/c1-19(2)53-20(3)47-34-27(41)13-21(14-30(34)53)33-28(42)17-46-38(50-33)48-31-6-4-23(16-45-31)39(43,44)52-10-8-51(9-11-52)18-22-12-24-25(15-26(22)40)37(58)54(36(24)57)29-5-7-32(55)49-35(29)56/h4,6,12-17,19,29H,5,7-11,18H2,1-3H3,(H,49,55,56)(H,45,46,48,50). The number of amides is 4. The molecule has 8 rings (SSSR count). The molecule has 2 fully saturated rings. The van der Waals surface area contributed by atoms with Gasteiger partial charge in [0.05, 0.1) is 28.4 Å². The molecule has 14 nitrogen and oxygen atoms in total. The monoisotopic (exact) mass is 802 g/mol. The maximum absolute atomic E-state index is 15.8. The van der Waals surface area contributed by atoms with Gasteiger partial charge in [-0.25, -0.2) is 38.0 Å². The highest BCUT2D eigenvalue weighted by Crippen LogP contribution is 2.35. The number of imidazole rings is 1. The van der Waals surface area contributed by atoms with Crippen molar-refractivity contribution in [3.63, 3.8) is 0 Å². The molecule has 0 radical (unpaired) electrons. The average Bonchev–Trinajstić information content (AvgIpc) is 3.65. The number of aryl methyl sites for hydroxylation is 1. The van der Waals surface area contributed by atoms with E-state index in [-0.39, 0.29) is 96.8 Å². The van der Waals surface area contributed by atoms with Gasteiger partial charge in [-0.15, -0.1) is 0 Å². The zero-order chi connectivity index (χ0) is 41.2. The molecule has 1 unspecified atom stereocenters. The number of benzene rings is 2. The summed E-state index contributed by atoms with van der Waals surface area (Å²) in [5, 5.41) is 4.89. The number of nitrogens with one attached hydrogen (secondary N) is 2. The Morgan fingerprint density at radius 2 is 1.60 bits per heavy atom. The number of piperazine rings is 1. The van der Waals surface area contributed by atoms with Crippen molar-refractivity contribution in [1.82, 2.24) is 44.5 Å². The molecule has 0 bridgehead atoms. The lowest BCUT2D eigenvalue weighted by Gasteiger charge is -2.38. The quantitative estimate of drug-likeness (QED) is 0.115. The second kappa shape index (κ2) is 14.6. The Hall–Kier alpha value is -6.21. The maximum Gasteiger partial charge on any atom is 0.333 e. The van der Waals surface area contributed by atoms with E-state index in [4.69, 9.17) is 0 Å². The third-order valence-electron chi connectivity index (χ3n) is 10.6. The number of piperidine rings is 1. The van der Waals surface area contributed by atoms with Crippen molar-refractivity contribution >= 4 is 46.4 Å². The number of imide groups is 2. The Balaban J connectivity index is 0.911. The van der Waals surface area contributed by atoms with Gasteiger partial charge in [-0.2, -0.15) is 8.78 Å². The summed E-state index contributed by atoms with van der Waals surface area (Å²) >= 11 is 0. The lowest BCUT2D eigenvalue weighted by atomic mass is 10.0. The molecule has 6 heterocycles. The average molecular weight is 803 g/mol. The number of hydrogen-bond acceptors (Lipinski definition) is 11. The Morgan fingerprint density at radius 3 is 2.28 bits per heavy atom. The van der Waals surface area contributed by atoms with Crippen molar-refractivity contribution in [1.29, 1.82) is 0 Å². The Bertz CT molecular complexity index is 2520. The summed E-state index contributed by atoms with van der Waals surface area (Å²) in [5.41, 5.74) is -0.00261. The zero-order valence-electron chi connectivity index (χ0n) is 31.3. The first-order valence-corrected chi connectivity index (χ1v) is 18.4.